The molecule has 8 heterocycles. The number of hydrogen-bond donors (Lipinski definition) is 0. The highest BCUT2D eigenvalue weighted by molar-refractivity contribution is 6.14. The minimum Gasteiger partial charge on any atom is -0.309 e. The summed E-state index contributed by atoms with van der Waals surface area (Å²) in [4.78, 5) is 25.7. The van der Waals surface area contributed by atoms with Crippen LogP contribution in [0.25, 0.3) is 239 Å². The van der Waals surface area contributed by atoms with Gasteiger partial charge in [-0.1, -0.05) is 364 Å². The lowest BCUT2D eigenvalue weighted by atomic mass is 9.99. The summed E-state index contributed by atoms with van der Waals surface area (Å²) >= 11 is 0. The summed E-state index contributed by atoms with van der Waals surface area (Å²) in [5.74, 6) is 1.88. The van der Waals surface area contributed by atoms with Crippen LogP contribution in [0.4, 0.5) is 0 Å². The van der Waals surface area contributed by atoms with E-state index in [1.807, 2.05) is 42.5 Å². The predicted molar refractivity (Wildman–Crippen MR) is 569 cm³/mol. The van der Waals surface area contributed by atoms with Gasteiger partial charge in [0.05, 0.1) is 77.9 Å². The standard InChI is InChI=1S/C47H31N3.C45H29N5.C35H24N2/c1-2-14-32(15-3-1)35-30-42(33-16-12-18-36(28-33)49-44-24-8-4-20-38(44)39-21-5-9-25-45(39)49)48-43(31-35)34-17-13-19-37(29-34)50-46-26-10-6-22-40(46)41-23-7-11-27-47(41)50;1-2-14-30(15-3-1)43-46-44(31-16-12-18-33(28-31)49-39-24-8-4-20-35(39)36-21-5-9-25-40(36)49)48-45(47-43)32-17-13-19-34(29-32)50-41-26-10-6-22-37(41)38-23-7-11-27-42(38)50;1-3-12-25(13-4-1)32-23-28(24-33(36-32)26-14-5-2-6-15-26)27-16-11-17-29(22-27)37-34-20-9-7-18-30(34)31-19-8-10-21-35(31)37/h1-31H;1-29H;1-24H. The van der Waals surface area contributed by atoms with E-state index in [9.17, 15) is 0 Å². The van der Waals surface area contributed by atoms with Crippen LogP contribution in [0, 0.1) is 0 Å². The summed E-state index contributed by atoms with van der Waals surface area (Å²) in [5.41, 5.74) is 32.9. The molecular formula is C127H84N10. The van der Waals surface area contributed by atoms with Gasteiger partial charge >= 0.3 is 0 Å². The van der Waals surface area contributed by atoms with Gasteiger partial charge in [0.1, 0.15) is 0 Å². The number of rotatable bonds is 14. The first-order valence-corrected chi connectivity index (χ1v) is 46.4. The van der Waals surface area contributed by atoms with E-state index >= 15 is 0 Å². The summed E-state index contributed by atoms with van der Waals surface area (Å²) in [6.45, 7) is 0. The van der Waals surface area contributed by atoms with Crippen LogP contribution in [0.5, 0.6) is 0 Å². The van der Waals surface area contributed by atoms with Crippen LogP contribution in [0.15, 0.2) is 510 Å². The van der Waals surface area contributed by atoms with E-state index in [1.165, 1.54) is 87.0 Å². The Hall–Kier alpha value is -18.5. The fourth-order valence-electron chi connectivity index (χ4n) is 20.2. The van der Waals surface area contributed by atoms with Crippen LogP contribution in [0.3, 0.4) is 0 Å². The molecule has 0 saturated carbocycles. The smallest absolute Gasteiger partial charge is 0.164 e. The van der Waals surface area contributed by atoms with Crippen molar-refractivity contribution in [3.63, 3.8) is 0 Å². The van der Waals surface area contributed by atoms with Crippen molar-refractivity contribution in [1.29, 1.82) is 0 Å². The molecule has 8 aromatic heterocycles. The third-order valence-electron chi connectivity index (χ3n) is 26.4. The van der Waals surface area contributed by atoms with E-state index in [4.69, 9.17) is 24.9 Å². The van der Waals surface area contributed by atoms with E-state index < -0.39 is 0 Å². The van der Waals surface area contributed by atoms with E-state index in [0.717, 1.165) is 134 Å². The van der Waals surface area contributed by atoms with Crippen molar-refractivity contribution in [2.24, 2.45) is 0 Å². The Bertz CT molecular complexity index is 8230. The van der Waals surface area contributed by atoms with Crippen molar-refractivity contribution in [3.05, 3.63) is 510 Å². The molecule has 0 aliphatic rings. The van der Waals surface area contributed by atoms with E-state index in [-0.39, 0.29) is 0 Å². The molecule has 0 unspecified atom stereocenters. The van der Waals surface area contributed by atoms with Crippen molar-refractivity contribution in [2.75, 3.05) is 0 Å². The second kappa shape index (κ2) is 34.7. The van der Waals surface area contributed by atoms with Crippen molar-refractivity contribution < 1.29 is 0 Å². The molecule has 0 amide bonds. The van der Waals surface area contributed by atoms with Crippen molar-refractivity contribution in [2.45, 2.75) is 0 Å². The largest absolute Gasteiger partial charge is 0.309 e. The first kappa shape index (κ1) is 80.6. The third kappa shape index (κ3) is 14.8. The lowest BCUT2D eigenvalue weighted by molar-refractivity contribution is 1.07. The molecule has 0 fully saturated rings. The molecule has 0 N–H and O–H groups in total. The normalized spacial score (nSPS) is 11.5. The second-order valence-electron chi connectivity index (χ2n) is 34.6. The number of nitrogens with zero attached hydrogens (tertiary/aromatic N) is 10. The topological polar surface area (TPSA) is 89.1 Å². The zero-order valence-electron chi connectivity index (χ0n) is 74.5. The van der Waals surface area contributed by atoms with Crippen LogP contribution in [-0.4, -0.2) is 47.8 Å². The number of pyridine rings is 2. The first-order valence-electron chi connectivity index (χ1n) is 46.4. The lowest BCUT2D eigenvalue weighted by Gasteiger charge is -2.14. The number of benzene rings is 19. The Morgan fingerprint density at radius 2 is 0.285 bits per heavy atom. The van der Waals surface area contributed by atoms with Crippen molar-refractivity contribution >= 4 is 109 Å². The van der Waals surface area contributed by atoms with Gasteiger partial charge in [-0.3, -0.25) is 0 Å². The molecular weight excluding hydrogens is 1670 g/mol. The van der Waals surface area contributed by atoms with Gasteiger partial charge in [-0.25, -0.2) is 24.9 Å². The van der Waals surface area contributed by atoms with E-state index in [0.29, 0.717) is 17.5 Å². The lowest BCUT2D eigenvalue weighted by Crippen LogP contribution is -2.02. The first-order chi connectivity index (χ1) is 67.9. The van der Waals surface area contributed by atoms with Crippen LogP contribution >= 0.6 is 0 Å². The maximum Gasteiger partial charge on any atom is 0.164 e. The zero-order valence-corrected chi connectivity index (χ0v) is 74.5. The zero-order chi connectivity index (χ0) is 90.6. The maximum atomic E-state index is 5.38. The van der Waals surface area contributed by atoms with E-state index in [1.54, 1.807) is 0 Å². The van der Waals surface area contributed by atoms with Crippen LogP contribution < -0.4 is 0 Å². The molecule has 0 saturated heterocycles. The number of para-hydroxylation sites is 10. The van der Waals surface area contributed by atoms with Crippen LogP contribution in [-0.2, 0) is 0 Å². The van der Waals surface area contributed by atoms with Gasteiger partial charge in [0.2, 0.25) is 0 Å². The Balaban J connectivity index is 0.000000111. The van der Waals surface area contributed by atoms with Crippen molar-refractivity contribution in [1.82, 2.24) is 47.8 Å². The quantitative estimate of drug-likeness (QED) is 0.108. The fourth-order valence-corrected chi connectivity index (χ4v) is 20.2. The predicted octanol–water partition coefficient (Wildman–Crippen LogP) is 32.5. The van der Waals surface area contributed by atoms with Gasteiger partial charge in [0.25, 0.3) is 0 Å². The number of aromatic nitrogens is 10. The minimum atomic E-state index is 0.624. The monoisotopic (exact) mass is 1750 g/mol. The molecule has 0 aliphatic carbocycles. The molecule has 642 valence electrons. The summed E-state index contributed by atoms with van der Waals surface area (Å²) < 4.78 is 11.7. The molecule has 27 rings (SSSR count). The minimum absolute atomic E-state index is 0.624. The fraction of sp³-hybridized carbons (Fsp3) is 0. The van der Waals surface area contributed by atoms with Gasteiger partial charge in [-0.05, 0) is 168 Å². The summed E-state index contributed by atoms with van der Waals surface area (Å²) in [7, 11) is 0. The molecule has 27 aromatic rings. The van der Waals surface area contributed by atoms with Gasteiger partial charge in [0, 0.05) is 121 Å². The second-order valence-corrected chi connectivity index (χ2v) is 34.6. The van der Waals surface area contributed by atoms with Crippen LogP contribution in [0.2, 0.25) is 0 Å². The van der Waals surface area contributed by atoms with Gasteiger partial charge in [0.15, 0.2) is 17.5 Å². The average Bonchev–Trinajstić information content (AvgIpc) is 1.61. The van der Waals surface area contributed by atoms with Gasteiger partial charge < -0.3 is 22.8 Å². The Labute approximate surface area is 790 Å². The number of hydrogen-bond acceptors (Lipinski definition) is 5. The Morgan fingerprint density at radius 3 is 0.547 bits per heavy atom. The molecule has 19 aromatic carbocycles. The molecule has 0 bridgehead atoms. The summed E-state index contributed by atoms with van der Waals surface area (Å²) in [6, 6.07) is 180. The van der Waals surface area contributed by atoms with Gasteiger partial charge in [-0.2, -0.15) is 0 Å². The maximum absolute atomic E-state index is 5.38. The van der Waals surface area contributed by atoms with Gasteiger partial charge in [-0.15, -0.1) is 0 Å². The highest BCUT2D eigenvalue weighted by atomic mass is 15.1. The Morgan fingerprint density at radius 1 is 0.109 bits per heavy atom. The average molecular weight is 1750 g/mol. The Kier molecular flexibility index (Phi) is 20.4. The molecule has 0 radical (unpaired) electrons. The molecule has 0 atom stereocenters. The van der Waals surface area contributed by atoms with Crippen molar-refractivity contribution in [3.8, 4) is 130 Å². The molecule has 0 aliphatic heterocycles. The highest BCUT2D eigenvalue weighted by Crippen LogP contribution is 2.43. The SMILES string of the molecule is c1ccc(-c2cc(-c3cccc(-n4c5ccccc5c5ccccc54)c3)cc(-c3ccccc3)n2)cc1.c1ccc(-c2cc(-c3cccc(-n4c5ccccc5c5ccccc54)c3)nc(-c3cccc(-n4c5ccccc5c5ccccc54)c3)c2)cc1.c1ccc(-c2nc(-c3cccc(-n4c5ccccc5c5ccccc54)c3)nc(-c3cccc(-n4c5ccccc5c5ccccc54)c3)n2)cc1. The third-order valence-corrected chi connectivity index (χ3v) is 26.4. The molecule has 137 heavy (non-hydrogen) atoms. The van der Waals surface area contributed by atoms with Crippen LogP contribution in [0.1, 0.15) is 0 Å². The molecule has 10 nitrogen and oxygen atoms in total. The molecule has 0 spiro atoms. The van der Waals surface area contributed by atoms with E-state index in [2.05, 4.69) is 490 Å². The highest BCUT2D eigenvalue weighted by Gasteiger charge is 2.23. The summed E-state index contributed by atoms with van der Waals surface area (Å²) in [6.07, 6.45) is 0. The summed E-state index contributed by atoms with van der Waals surface area (Å²) in [5, 5.41) is 12.5. The molecule has 10 heteroatoms. The number of fused-ring (bicyclic) bond motifs is 15.